The molecule has 0 saturated heterocycles. The van der Waals surface area contributed by atoms with Gasteiger partial charge in [-0.15, -0.1) is 6.42 Å². The molecular weight excluding hydrogens is 232 g/mol. The Bertz CT molecular complexity index is 538. The fourth-order valence-electron chi connectivity index (χ4n) is 1.58. The molecule has 0 unspecified atom stereocenters. The second kappa shape index (κ2) is 5.43. The Morgan fingerprint density at radius 3 is 2.47 bits per heavy atom. The number of halogens is 1. The van der Waals surface area contributed by atoms with Crippen LogP contribution in [-0.4, -0.2) is 6.61 Å². The molecule has 0 atom stereocenters. The van der Waals surface area contributed by atoms with Crippen molar-refractivity contribution in [1.82, 2.24) is 0 Å². The third kappa shape index (κ3) is 2.81. The molecule has 0 radical (unpaired) electrons. The van der Waals surface area contributed by atoms with Crippen LogP contribution in [0.25, 0.3) is 11.1 Å². The van der Waals surface area contributed by atoms with Crippen molar-refractivity contribution in [2.24, 2.45) is 0 Å². The van der Waals surface area contributed by atoms with Crippen molar-refractivity contribution < 1.29 is 4.74 Å². The molecule has 0 saturated carbocycles. The van der Waals surface area contributed by atoms with E-state index in [9.17, 15) is 0 Å². The van der Waals surface area contributed by atoms with Crippen molar-refractivity contribution in [3.63, 3.8) is 0 Å². The minimum atomic E-state index is 0.268. The van der Waals surface area contributed by atoms with Gasteiger partial charge in [0.2, 0.25) is 0 Å². The predicted octanol–water partition coefficient (Wildman–Crippen LogP) is 4.02. The molecule has 0 heterocycles. The van der Waals surface area contributed by atoms with Crippen LogP contribution >= 0.6 is 11.6 Å². The van der Waals surface area contributed by atoms with Gasteiger partial charge in [0.25, 0.3) is 0 Å². The molecule has 0 N–H and O–H groups in total. The average molecular weight is 243 g/mol. The summed E-state index contributed by atoms with van der Waals surface area (Å²) in [5.74, 6) is 3.25. The minimum absolute atomic E-state index is 0.268. The van der Waals surface area contributed by atoms with E-state index in [1.807, 2.05) is 48.5 Å². The third-order valence-electron chi connectivity index (χ3n) is 2.35. The van der Waals surface area contributed by atoms with E-state index in [2.05, 4.69) is 5.92 Å². The Labute approximate surface area is 106 Å². The Kier molecular flexibility index (Phi) is 3.69. The molecular formula is C15H11ClO. The molecule has 0 aromatic heterocycles. The monoisotopic (exact) mass is 242 g/mol. The lowest BCUT2D eigenvalue weighted by Gasteiger charge is -2.09. The van der Waals surface area contributed by atoms with Gasteiger partial charge in [-0.2, -0.15) is 0 Å². The van der Waals surface area contributed by atoms with Crippen molar-refractivity contribution in [2.45, 2.75) is 0 Å². The van der Waals surface area contributed by atoms with Crippen molar-refractivity contribution in [3.05, 3.63) is 53.6 Å². The Hall–Kier alpha value is -1.91. The van der Waals surface area contributed by atoms with Crippen molar-refractivity contribution in [3.8, 4) is 29.2 Å². The molecule has 0 spiro atoms. The van der Waals surface area contributed by atoms with Crippen LogP contribution in [-0.2, 0) is 0 Å². The summed E-state index contributed by atoms with van der Waals surface area (Å²) in [4.78, 5) is 0. The highest BCUT2D eigenvalue weighted by Gasteiger charge is 2.04. The zero-order valence-electron chi connectivity index (χ0n) is 9.19. The number of terminal acetylenes is 1. The second-order valence-electron chi connectivity index (χ2n) is 3.50. The summed E-state index contributed by atoms with van der Waals surface area (Å²) in [6.07, 6.45) is 5.19. The number of para-hydroxylation sites is 1. The van der Waals surface area contributed by atoms with Gasteiger partial charge in [0.05, 0.1) is 0 Å². The van der Waals surface area contributed by atoms with Crippen LogP contribution in [0.15, 0.2) is 48.5 Å². The van der Waals surface area contributed by atoms with Crippen LogP contribution < -0.4 is 4.74 Å². The standard InChI is InChI=1S/C15H11ClO/c1-2-11-17-15-6-4-3-5-14(15)12-7-9-13(16)10-8-12/h1,3-10H,11H2. The highest BCUT2D eigenvalue weighted by molar-refractivity contribution is 6.30. The Morgan fingerprint density at radius 2 is 1.76 bits per heavy atom. The molecule has 2 rings (SSSR count). The first kappa shape index (κ1) is 11.6. The fraction of sp³-hybridized carbons (Fsp3) is 0.0667. The van der Waals surface area contributed by atoms with Crippen LogP contribution in [0.2, 0.25) is 5.02 Å². The van der Waals surface area contributed by atoms with E-state index >= 15 is 0 Å². The van der Waals surface area contributed by atoms with E-state index in [0.29, 0.717) is 0 Å². The quantitative estimate of drug-likeness (QED) is 0.739. The third-order valence-corrected chi connectivity index (χ3v) is 2.61. The molecule has 0 fully saturated rings. The van der Waals surface area contributed by atoms with E-state index < -0.39 is 0 Å². The van der Waals surface area contributed by atoms with Crippen LogP contribution in [0.1, 0.15) is 0 Å². The van der Waals surface area contributed by atoms with Gasteiger partial charge in [-0.1, -0.05) is 47.9 Å². The zero-order valence-corrected chi connectivity index (χ0v) is 9.95. The maximum atomic E-state index is 5.86. The average Bonchev–Trinajstić information content (AvgIpc) is 2.38. The first-order chi connectivity index (χ1) is 8.31. The summed E-state index contributed by atoms with van der Waals surface area (Å²) < 4.78 is 5.50. The molecule has 0 aliphatic carbocycles. The first-order valence-electron chi connectivity index (χ1n) is 5.22. The fourth-order valence-corrected chi connectivity index (χ4v) is 1.71. The maximum absolute atomic E-state index is 5.86. The molecule has 0 aliphatic heterocycles. The highest BCUT2D eigenvalue weighted by atomic mass is 35.5. The van der Waals surface area contributed by atoms with Gasteiger partial charge in [-0.3, -0.25) is 0 Å². The highest BCUT2D eigenvalue weighted by Crippen LogP contribution is 2.30. The number of hydrogen-bond acceptors (Lipinski definition) is 1. The summed E-state index contributed by atoms with van der Waals surface area (Å²) in [6.45, 7) is 0.268. The summed E-state index contributed by atoms with van der Waals surface area (Å²) in [5.41, 5.74) is 2.07. The van der Waals surface area contributed by atoms with E-state index in [1.54, 1.807) is 0 Å². The van der Waals surface area contributed by atoms with Gasteiger partial charge in [0, 0.05) is 10.6 Å². The van der Waals surface area contributed by atoms with Gasteiger partial charge < -0.3 is 4.74 Å². The van der Waals surface area contributed by atoms with Crippen LogP contribution in [0.3, 0.4) is 0 Å². The summed E-state index contributed by atoms with van der Waals surface area (Å²) in [7, 11) is 0. The molecule has 2 aromatic rings. The minimum Gasteiger partial charge on any atom is -0.480 e. The molecule has 0 amide bonds. The summed E-state index contributed by atoms with van der Waals surface area (Å²) in [5, 5.41) is 0.718. The molecule has 2 aromatic carbocycles. The van der Waals surface area contributed by atoms with E-state index in [1.165, 1.54) is 0 Å². The molecule has 1 nitrogen and oxygen atoms in total. The summed E-state index contributed by atoms with van der Waals surface area (Å²) >= 11 is 5.86. The molecule has 0 bridgehead atoms. The molecule has 0 aliphatic rings. The van der Waals surface area contributed by atoms with Crippen LogP contribution in [0.4, 0.5) is 0 Å². The van der Waals surface area contributed by atoms with Crippen LogP contribution in [0, 0.1) is 12.3 Å². The van der Waals surface area contributed by atoms with Gasteiger partial charge in [0.15, 0.2) is 0 Å². The SMILES string of the molecule is C#CCOc1ccccc1-c1ccc(Cl)cc1. The largest absolute Gasteiger partial charge is 0.480 e. The van der Waals surface area contributed by atoms with E-state index in [0.717, 1.165) is 21.9 Å². The Balaban J connectivity index is 2.37. The summed E-state index contributed by atoms with van der Waals surface area (Å²) in [6, 6.07) is 15.4. The van der Waals surface area contributed by atoms with E-state index in [-0.39, 0.29) is 6.61 Å². The lowest BCUT2D eigenvalue weighted by Crippen LogP contribution is -1.95. The van der Waals surface area contributed by atoms with Crippen molar-refractivity contribution in [2.75, 3.05) is 6.61 Å². The zero-order chi connectivity index (χ0) is 12.1. The topological polar surface area (TPSA) is 9.23 Å². The Morgan fingerprint density at radius 1 is 1.06 bits per heavy atom. The van der Waals surface area contributed by atoms with Gasteiger partial charge >= 0.3 is 0 Å². The first-order valence-corrected chi connectivity index (χ1v) is 5.60. The number of hydrogen-bond donors (Lipinski definition) is 0. The molecule has 2 heteroatoms. The van der Waals surface area contributed by atoms with Crippen LogP contribution in [0.5, 0.6) is 5.75 Å². The van der Waals surface area contributed by atoms with E-state index in [4.69, 9.17) is 22.8 Å². The molecule has 17 heavy (non-hydrogen) atoms. The normalized spacial score (nSPS) is 9.65. The second-order valence-corrected chi connectivity index (χ2v) is 3.93. The molecule has 84 valence electrons. The predicted molar refractivity (Wildman–Crippen MR) is 71.2 cm³/mol. The number of rotatable bonds is 3. The number of ether oxygens (including phenoxy) is 1. The maximum Gasteiger partial charge on any atom is 0.148 e. The lowest BCUT2D eigenvalue weighted by molar-refractivity contribution is 0.372. The number of benzene rings is 2. The lowest BCUT2D eigenvalue weighted by atomic mass is 10.1. The van der Waals surface area contributed by atoms with Gasteiger partial charge in [-0.05, 0) is 23.8 Å². The van der Waals surface area contributed by atoms with Crippen molar-refractivity contribution in [1.29, 1.82) is 0 Å². The van der Waals surface area contributed by atoms with Crippen molar-refractivity contribution >= 4 is 11.6 Å². The van der Waals surface area contributed by atoms with Gasteiger partial charge in [-0.25, -0.2) is 0 Å². The van der Waals surface area contributed by atoms with Gasteiger partial charge in [0.1, 0.15) is 12.4 Å². The smallest absolute Gasteiger partial charge is 0.148 e.